The highest BCUT2D eigenvalue weighted by molar-refractivity contribution is 9.10. The van der Waals surface area contributed by atoms with E-state index in [2.05, 4.69) is 26.5 Å². The molecule has 0 spiro atoms. The van der Waals surface area contributed by atoms with Gasteiger partial charge in [-0.1, -0.05) is 39.7 Å². The van der Waals surface area contributed by atoms with E-state index in [9.17, 15) is 9.59 Å². The highest BCUT2D eigenvalue weighted by Crippen LogP contribution is 2.23. The van der Waals surface area contributed by atoms with Crippen LogP contribution in [0.1, 0.15) is 26.3 Å². The van der Waals surface area contributed by atoms with Crippen molar-refractivity contribution >= 4 is 45.6 Å². The van der Waals surface area contributed by atoms with Crippen LogP contribution in [0.15, 0.2) is 76.3 Å². The van der Waals surface area contributed by atoms with E-state index in [0.717, 1.165) is 4.47 Å². The molecule has 0 atom stereocenters. The molecule has 0 saturated carbocycles. The third-order valence-corrected chi connectivity index (χ3v) is 4.72. The highest BCUT2D eigenvalue weighted by Gasteiger charge is 2.13. The number of hydrogen-bond donors (Lipinski definition) is 1. The molecule has 0 bridgehead atoms. The van der Waals surface area contributed by atoms with Crippen LogP contribution in [0.3, 0.4) is 0 Å². The number of benzene rings is 3. The molecule has 8 heteroatoms. The number of ether oxygens (including phenoxy) is 2. The van der Waals surface area contributed by atoms with Gasteiger partial charge in [0.15, 0.2) is 0 Å². The first-order chi connectivity index (χ1) is 14.5. The molecule has 0 aliphatic rings. The van der Waals surface area contributed by atoms with Gasteiger partial charge in [0.2, 0.25) is 0 Å². The number of nitrogens with zero attached hydrogens (tertiary/aromatic N) is 1. The minimum Gasteiger partial charge on any atom is -0.496 e. The molecule has 3 rings (SSSR count). The second-order valence-electron chi connectivity index (χ2n) is 5.98. The van der Waals surface area contributed by atoms with Crippen LogP contribution in [0.2, 0.25) is 5.02 Å². The molecule has 0 aromatic heterocycles. The second-order valence-corrected chi connectivity index (χ2v) is 7.33. The van der Waals surface area contributed by atoms with E-state index >= 15 is 0 Å². The molecule has 1 N–H and O–H groups in total. The number of hydrogen-bond acceptors (Lipinski definition) is 5. The Morgan fingerprint density at radius 1 is 1.03 bits per heavy atom. The number of carbonyl (C=O) groups excluding carboxylic acids is 2. The van der Waals surface area contributed by atoms with Crippen molar-refractivity contribution in [2.24, 2.45) is 5.10 Å². The minimum atomic E-state index is -0.532. The molecular formula is C22H16BrClN2O4. The molecule has 0 saturated heterocycles. The number of halogens is 2. The van der Waals surface area contributed by atoms with Crippen LogP contribution >= 0.6 is 27.5 Å². The Morgan fingerprint density at radius 2 is 1.77 bits per heavy atom. The normalized spacial score (nSPS) is 10.6. The zero-order chi connectivity index (χ0) is 21.5. The Bertz CT molecular complexity index is 1100. The topological polar surface area (TPSA) is 77.0 Å². The van der Waals surface area contributed by atoms with E-state index in [-0.39, 0.29) is 0 Å². The van der Waals surface area contributed by atoms with Crippen LogP contribution < -0.4 is 14.9 Å². The van der Waals surface area contributed by atoms with Gasteiger partial charge in [0.1, 0.15) is 11.5 Å². The summed E-state index contributed by atoms with van der Waals surface area (Å²) in [7, 11) is 1.48. The van der Waals surface area contributed by atoms with Gasteiger partial charge in [-0.05, 0) is 54.6 Å². The lowest BCUT2D eigenvalue weighted by molar-refractivity contribution is 0.0734. The van der Waals surface area contributed by atoms with E-state index in [1.165, 1.54) is 13.3 Å². The van der Waals surface area contributed by atoms with Crippen molar-refractivity contribution in [3.8, 4) is 11.5 Å². The van der Waals surface area contributed by atoms with Crippen LogP contribution in [0.5, 0.6) is 11.5 Å². The van der Waals surface area contributed by atoms with E-state index in [4.69, 9.17) is 21.1 Å². The summed E-state index contributed by atoms with van der Waals surface area (Å²) < 4.78 is 11.4. The standard InChI is InChI=1S/C22H16BrClN2O4/c1-29-20-11-8-16(23)12-18(20)21(27)26-25-13-15-4-2-3-5-19(15)30-22(28)14-6-9-17(24)10-7-14/h2-13H,1H3,(H,26,27). The van der Waals surface area contributed by atoms with E-state index < -0.39 is 11.9 Å². The number of rotatable bonds is 6. The molecular weight excluding hydrogens is 472 g/mol. The summed E-state index contributed by atoms with van der Waals surface area (Å²) in [5, 5.41) is 4.50. The molecule has 6 nitrogen and oxygen atoms in total. The number of carbonyl (C=O) groups is 2. The predicted molar refractivity (Wildman–Crippen MR) is 119 cm³/mol. The second kappa shape index (κ2) is 10.0. The number of para-hydroxylation sites is 1. The van der Waals surface area contributed by atoms with Gasteiger partial charge in [-0.2, -0.15) is 5.10 Å². The minimum absolute atomic E-state index is 0.301. The molecule has 30 heavy (non-hydrogen) atoms. The van der Waals surface area contributed by atoms with Crippen LogP contribution in [0, 0.1) is 0 Å². The number of esters is 1. The lowest BCUT2D eigenvalue weighted by Crippen LogP contribution is -2.18. The van der Waals surface area contributed by atoms with E-state index in [1.54, 1.807) is 66.7 Å². The van der Waals surface area contributed by atoms with Gasteiger partial charge in [0.05, 0.1) is 24.5 Å². The van der Waals surface area contributed by atoms with Crippen molar-refractivity contribution in [1.29, 1.82) is 0 Å². The zero-order valence-electron chi connectivity index (χ0n) is 15.8. The molecule has 3 aromatic carbocycles. The summed E-state index contributed by atoms with van der Waals surface area (Å²) >= 11 is 9.17. The van der Waals surface area contributed by atoms with Crippen LogP contribution in [-0.2, 0) is 0 Å². The lowest BCUT2D eigenvalue weighted by atomic mass is 10.2. The summed E-state index contributed by atoms with van der Waals surface area (Å²) in [5.41, 5.74) is 3.65. The fourth-order valence-corrected chi connectivity index (χ4v) is 2.99. The number of methoxy groups -OCH3 is 1. The highest BCUT2D eigenvalue weighted by atomic mass is 79.9. The predicted octanol–water partition coefficient (Wildman–Crippen LogP) is 5.09. The number of hydrazone groups is 1. The van der Waals surface area contributed by atoms with Crippen LogP contribution in [0.25, 0.3) is 0 Å². The summed E-state index contributed by atoms with van der Waals surface area (Å²) in [6.45, 7) is 0. The van der Waals surface area contributed by atoms with Crippen molar-refractivity contribution in [3.63, 3.8) is 0 Å². The maximum Gasteiger partial charge on any atom is 0.343 e. The molecule has 0 radical (unpaired) electrons. The molecule has 1 amide bonds. The molecule has 0 aliphatic carbocycles. The average Bonchev–Trinajstić information content (AvgIpc) is 2.75. The van der Waals surface area contributed by atoms with Gasteiger partial charge < -0.3 is 9.47 Å². The first kappa shape index (κ1) is 21.5. The molecule has 0 fully saturated rings. The van der Waals surface area contributed by atoms with Crippen molar-refractivity contribution in [1.82, 2.24) is 5.43 Å². The Morgan fingerprint density at radius 3 is 2.50 bits per heavy atom. The lowest BCUT2D eigenvalue weighted by Gasteiger charge is -2.08. The first-order valence-electron chi connectivity index (χ1n) is 8.71. The fourth-order valence-electron chi connectivity index (χ4n) is 2.50. The molecule has 0 unspecified atom stereocenters. The van der Waals surface area contributed by atoms with Gasteiger partial charge >= 0.3 is 5.97 Å². The van der Waals surface area contributed by atoms with Crippen LogP contribution in [-0.4, -0.2) is 25.2 Å². The Hall–Kier alpha value is -3.16. The van der Waals surface area contributed by atoms with Gasteiger partial charge in [-0.25, -0.2) is 10.2 Å². The largest absolute Gasteiger partial charge is 0.496 e. The van der Waals surface area contributed by atoms with Crippen molar-refractivity contribution in [2.45, 2.75) is 0 Å². The Labute approximate surface area is 186 Å². The average molecular weight is 488 g/mol. The smallest absolute Gasteiger partial charge is 0.343 e. The Kier molecular flexibility index (Phi) is 7.21. The van der Waals surface area contributed by atoms with E-state index in [1.807, 2.05) is 0 Å². The number of nitrogens with one attached hydrogen (secondary N) is 1. The van der Waals surface area contributed by atoms with Crippen molar-refractivity contribution in [3.05, 3.63) is 92.9 Å². The van der Waals surface area contributed by atoms with E-state index in [0.29, 0.717) is 33.2 Å². The molecule has 0 heterocycles. The first-order valence-corrected chi connectivity index (χ1v) is 9.89. The fraction of sp³-hybridized carbons (Fsp3) is 0.0455. The molecule has 3 aromatic rings. The van der Waals surface area contributed by atoms with Gasteiger partial charge in [-0.15, -0.1) is 0 Å². The molecule has 0 aliphatic heterocycles. The molecule has 152 valence electrons. The SMILES string of the molecule is COc1ccc(Br)cc1C(=O)NN=Cc1ccccc1OC(=O)c1ccc(Cl)cc1. The van der Waals surface area contributed by atoms with Gasteiger partial charge in [0, 0.05) is 15.1 Å². The van der Waals surface area contributed by atoms with Crippen molar-refractivity contribution in [2.75, 3.05) is 7.11 Å². The maximum atomic E-state index is 12.4. The Balaban J connectivity index is 1.72. The third kappa shape index (κ3) is 5.46. The van der Waals surface area contributed by atoms with Gasteiger partial charge in [0.25, 0.3) is 5.91 Å². The van der Waals surface area contributed by atoms with Gasteiger partial charge in [-0.3, -0.25) is 4.79 Å². The zero-order valence-corrected chi connectivity index (χ0v) is 18.1. The summed E-state index contributed by atoms with van der Waals surface area (Å²) in [6, 6.07) is 18.3. The van der Waals surface area contributed by atoms with Crippen LogP contribution in [0.4, 0.5) is 0 Å². The number of amides is 1. The summed E-state index contributed by atoms with van der Waals surface area (Å²) in [5.74, 6) is -0.255. The third-order valence-electron chi connectivity index (χ3n) is 3.98. The quantitative estimate of drug-likeness (QED) is 0.227. The monoisotopic (exact) mass is 486 g/mol. The maximum absolute atomic E-state index is 12.4. The van der Waals surface area contributed by atoms with Crippen molar-refractivity contribution < 1.29 is 19.1 Å². The summed E-state index contributed by atoms with van der Waals surface area (Å²) in [6.07, 6.45) is 1.40. The summed E-state index contributed by atoms with van der Waals surface area (Å²) in [4.78, 5) is 24.8.